The van der Waals surface area contributed by atoms with Crippen molar-refractivity contribution >= 4 is 55.5 Å². The van der Waals surface area contributed by atoms with Gasteiger partial charge >= 0.3 is 5.97 Å². The largest absolute Gasteiger partial charge is 0.426 e. The number of amides is 1. The Morgan fingerprint density at radius 3 is 2.60 bits per heavy atom. The van der Waals surface area contributed by atoms with Crippen LogP contribution in [0.1, 0.15) is 35.5 Å². The third-order valence-corrected chi connectivity index (χ3v) is 7.23. The Hall–Kier alpha value is -2.98. The molecule has 35 heavy (non-hydrogen) atoms. The van der Waals surface area contributed by atoms with Crippen LogP contribution in [0.3, 0.4) is 0 Å². The van der Waals surface area contributed by atoms with Gasteiger partial charge in [0.1, 0.15) is 5.75 Å². The predicted octanol–water partition coefficient (Wildman–Crippen LogP) is 4.64. The maximum absolute atomic E-state index is 13.6. The van der Waals surface area contributed by atoms with E-state index in [4.69, 9.17) is 14.7 Å². The number of halogens is 2. The highest BCUT2D eigenvalue weighted by Crippen LogP contribution is 2.35. The zero-order chi connectivity index (χ0) is 24.7. The lowest BCUT2D eigenvalue weighted by Gasteiger charge is -2.33. The molecule has 0 saturated carbocycles. The molecule has 0 saturated heterocycles. The maximum atomic E-state index is 13.6. The van der Waals surface area contributed by atoms with E-state index in [0.29, 0.717) is 52.1 Å². The summed E-state index contributed by atoms with van der Waals surface area (Å²) < 4.78 is 8.30. The van der Waals surface area contributed by atoms with E-state index in [1.165, 1.54) is 12.5 Å². The first-order valence-electron chi connectivity index (χ1n) is 11.3. The van der Waals surface area contributed by atoms with Crippen molar-refractivity contribution in [2.45, 2.75) is 32.9 Å². The van der Waals surface area contributed by atoms with Gasteiger partial charge in [0.25, 0.3) is 5.91 Å². The summed E-state index contributed by atoms with van der Waals surface area (Å²) in [6.45, 7) is 4.90. The third-order valence-electron chi connectivity index (χ3n) is 6.00. The van der Waals surface area contributed by atoms with Gasteiger partial charge in [-0.3, -0.25) is 19.4 Å². The summed E-state index contributed by atoms with van der Waals surface area (Å²) in [7, 11) is 0. The Morgan fingerprint density at radius 1 is 1.14 bits per heavy atom. The van der Waals surface area contributed by atoms with E-state index in [2.05, 4.69) is 48.9 Å². The molecule has 180 valence electrons. The predicted molar refractivity (Wildman–Crippen MR) is 140 cm³/mol. The summed E-state index contributed by atoms with van der Waals surface area (Å²) in [5, 5.41) is 0. The molecule has 5 rings (SSSR count). The highest BCUT2D eigenvalue weighted by molar-refractivity contribution is 9.10. The highest BCUT2D eigenvalue weighted by atomic mass is 79.9. The number of aliphatic imine (C=N–C) groups is 1. The van der Waals surface area contributed by atoms with Gasteiger partial charge in [-0.25, -0.2) is 9.98 Å². The molecule has 0 fully saturated rings. The lowest BCUT2D eigenvalue weighted by atomic mass is 10.1. The lowest BCUT2D eigenvalue weighted by Crippen LogP contribution is -2.50. The molecule has 2 aliphatic heterocycles. The topological polar surface area (TPSA) is 80.0 Å². The molecule has 3 heterocycles. The Kier molecular flexibility index (Phi) is 6.50. The highest BCUT2D eigenvalue weighted by Gasteiger charge is 2.43. The van der Waals surface area contributed by atoms with E-state index < -0.39 is 0 Å². The maximum Gasteiger partial charge on any atom is 0.308 e. The molecule has 2 aliphatic rings. The van der Waals surface area contributed by atoms with Crippen molar-refractivity contribution in [3.05, 3.63) is 74.6 Å². The van der Waals surface area contributed by atoms with Crippen molar-refractivity contribution in [3.8, 4) is 5.75 Å². The Labute approximate surface area is 219 Å². The van der Waals surface area contributed by atoms with Crippen LogP contribution < -0.4 is 9.64 Å². The number of guanidine groups is 1. The zero-order valence-electron chi connectivity index (χ0n) is 19.2. The summed E-state index contributed by atoms with van der Waals surface area (Å²) >= 11 is 7.03. The van der Waals surface area contributed by atoms with Gasteiger partial charge in [-0.15, -0.1) is 0 Å². The molecule has 0 bridgehead atoms. The number of carbonyl (C=O) groups is 2. The van der Waals surface area contributed by atoms with Crippen molar-refractivity contribution < 1.29 is 14.3 Å². The fourth-order valence-corrected chi connectivity index (χ4v) is 5.46. The van der Waals surface area contributed by atoms with Crippen LogP contribution in [0.5, 0.6) is 5.75 Å². The van der Waals surface area contributed by atoms with Gasteiger partial charge in [-0.05, 0) is 68.5 Å². The minimum absolute atomic E-state index is 0.0360. The summed E-state index contributed by atoms with van der Waals surface area (Å²) in [6.07, 6.45) is 0.798. The normalized spacial score (nSPS) is 16.7. The molecular formula is C25H23Br2N5O3. The molecule has 1 unspecified atom stereocenters. The minimum atomic E-state index is -0.385. The Bertz CT molecular complexity index is 1340. The minimum Gasteiger partial charge on any atom is -0.426 e. The van der Waals surface area contributed by atoms with Crippen LogP contribution in [-0.2, 0) is 17.8 Å². The van der Waals surface area contributed by atoms with E-state index in [0.717, 1.165) is 12.0 Å². The number of ether oxygens (including phenoxy) is 1. The number of benzene rings is 2. The number of hydrogen-bond acceptors (Lipinski definition) is 6. The number of aromatic nitrogens is 2. The van der Waals surface area contributed by atoms with Crippen molar-refractivity contribution in [2.24, 2.45) is 4.99 Å². The number of fused-ring (bicyclic) bond motifs is 3. The average Bonchev–Trinajstić information content (AvgIpc) is 3.37. The summed E-state index contributed by atoms with van der Waals surface area (Å²) in [5.41, 5.74) is 2.66. The molecule has 1 amide bonds. The lowest BCUT2D eigenvalue weighted by molar-refractivity contribution is -0.131. The summed E-state index contributed by atoms with van der Waals surface area (Å²) in [4.78, 5) is 38.3. The van der Waals surface area contributed by atoms with E-state index in [1.54, 1.807) is 11.0 Å². The molecule has 10 heteroatoms. The van der Waals surface area contributed by atoms with Crippen LogP contribution >= 0.6 is 31.9 Å². The molecular weight excluding hydrogens is 578 g/mol. The second-order valence-corrected chi connectivity index (χ2v) is 9.99. The number of esters is 1. The van der Waals surface area contributed by atoms with Gasteiger partial charge in [0.05, 0.1) is 23.6 Å². The monoisotopic (exact) mass is 599 g/mol. The number of nitrogens with zero attached hydrogens (tertiary/aromatic N) is 5. The Morgan fingerprint density at radius 2 is 1.91 bits per heavy atom. The number of imidazole rings is 1. The van der Waals surface area contributed by atoms with Crippen molar-refractivity contribution in [1.82, 2.24) is 14.5 Å². The van der Waals surface area contributed by atoms with Crippen molar-refractivity contribution in [3.63, 3.8) is 0 Å². The average molecular weight is 601 g/mol. The van der Waals surface area contributed by atoms with Crippen LogP contribution in [0.4, 0.5) is 5.82 Å². The van der Waals surface area contributed by atoms with Crippen molar-refractivity contribution in [1.29, 1.82) is 0 Å². The van der Waals surface area contributed by atoms with Gasteiger partial charge in [0, 0.05) is 13.5 Å². The molecule has 3 aromatic rings. The van der Waals surface area contributed by atoms with Gasteiger partial charge < -0.3 is 9.30 Å². The first-order chi connectivity index (χ1) is 16.9. The summed E-state index contributed by atoms with van der Waals surface area (Å²) in [6, 6.07) is 15.8. The third kappa shape index (κ3) is 4.52. The Balaban J connectivity index is 1.46. The van der Waals surface area contributed by atoms with Gasteiger partial charge in [-0.1, -0.05) is 36.4 Å². The molecule has 0 radical (unpaired) electrons. The van der Waals surface area contributed by atoms with Gasteiger partial charge in [-0.2, -0.15) is 0 Å². The standard InChI is InChI=1S/C25H23Br2N5O3/c1-3-30-23(34)21-22(32-14-18(28-25(30)32)11-16-7-5-4-6-8-16)29-24(27)31(21)13-17-9-10-20(19(26)12-17)35-15(2)33/h4-10,12,18H,3,11,13-14H2,1-2H3. The fraction of sp³-hybridized carbons (Fsp3) is 0.280. The van der Waals surface area contributed by atoms with Crippen LogP contribution in [0.25, 0.3) is 0 Å². The summed E-state index contributed by atoms with van der Waals surface area (Å²) in [5.74, 6) is 1.23. The number of hydrogen-bond donors (Lipinski definition) is 0. The number of anilines is 1. The smallest absolute Gasteiger partial charge is 0.308 e. The van der Waals surface area contributed by atoms with E-state index in [-0.39, 0.29) is 17.9 Å². The zero-order valence-corrected chi connectivity index (χ0v) is 22.4. The molecule has 1 aromatic heterocycles. The molecule has 2 aromatic carbocycles. The molecule has 8 nitrogen and oxygen atoms in total. The number of carbonyl (C=O) groups excluding carboxylic acids is 2. The second-order valence-electron chi connectivity index (χ2n) is 8.43. The molecule has 1 atom stereocenters. The molecule has 0 aliphatic carbocycles. The van der Waals surface area contributed by atoms with E-state index in [9.17, 15) is 9.59 Å². The fourth-order valence-electron chi connectivity index (χ4n) is 4.48. The van der Waals surface area contributed by atoms with Crippen LogP contribution in [0.15, 0.2) is 62.7 Å². The number of rotatable bonds is 6. The van der Waals surface area contributed by atoms with Gasteiger partial charge in [0.15, 0.2) is 16.2 Å². The van der Waals surface area contributed by atoms with E-state index >= 15 is 0 Å². The van der Waals surface area contributed by atoms with Crippen LogP contribution in [0.2, 0.25) is 0 Å². The van der Waals surface area contributed by atoms with Gasteiger partial charge in [0.2, 0.25) is 5.96 Å². The second kappa shape index (κ2) is 9.58. The molecule has 0 spiro atoms. The molecule has 0 N–H and O–H groups in total. The van der Waals surface area contributed by atoms with E-state index in [1.807, 2.05) is 41.8 Å². The van der Waals surface area contributed by atoms with Crippen LogP contribution in [-0.4, -0.2) is 51.4 Å². The van der Waals surface area contributed by atoms with Crippen molar-refractivity contribution in [2.75, 3.05) is 18.0 Å². The quantitative estimate of drug-likeness (QED) is 0.304. The first-order valence-corrected chi connectivity index (χ1v) is 12.9. The van der Waals surface area contributed by atoms with Crippen LogP contribution in [0, 0.1) is 0 Å². The first kappa shape index (κ1) is 23.7. The SMILES string of the molecule is CCN1C(=O)c2c(nc(Br)n2Cc2ccc(OC(C)=O)c(Br)c2)N2CC(Cc3ccccc3)N=C12.